The Hall–Kier alpha value is -2.74. The van der Waals surface area contributed by atoms with Crippen molar-refractivity contribution < 1.29 is 9.16 Å². The van der Waals surface area contributed by atoms with Crippen molar-refractivity contribution in [2.45, 2.75) is 58.4 Å². The van der Waals surface area contributed by atoms with E-state index in [-0.39, 0.29) is 22.6 Å². The molecule has 6 nitrogen and oxygen atoms in total. The van der Waals surface area contributed by atoms with Crippen LogP contribution in [0.2, 0.25) is 5.04 Å². The van der Waals surface area contributed by atoms with Gasteiger partial charge in [-0.3, -0.25) is 14.3 Å². The average molecular weight is 479 g/mol. The molecule has 3 aromatic rings. The van der Waals surface area contributed by atoms with Crippen LogP contribution in [0.25, 0.3) is 0 Å². The Morgan fingerprint density at radius 3 is 2.12 bits per heavy atom. The minimum Gasteiger partial charge on any atom is -0.405 e. The van der Waals surface area contributed by atoms with Crippen LogP contribution >= 0.6 is 0 Å². The molecule has 4 rings (SSSR count). The molecule has 1 saturated heterocycles. The van der Waals surface area contributed by atoms with E-state index in [9.17, 15) is 9.59 Å². The molecule has 0 spiro atoms. The highest BCUT2D eigenvalue weighted by Crippen LogP contribution is 2.39. The molecule has 1 N–H and O–H groups in total. The molecule has 2 heterocycles. The molecule has 34 heavy (non-hydrogen) atoms. The van der Waals surface area contributed by atoms with Crippen LogP contribution in [0, 0.1) is 12.8 Å². The van der Waals surface area contributed by atoms with Gasteiger partial charge in [0.15, 0.2) is 0 Å². The van der Waals surface area contributed by atoms with Gasteiger partial charge in [0.1, 0.15) is 6.23 Å². The van der Waals surface area contributed by atoms with E-state index in [1.54, 1.807) is 13.1 Å². The zero-order chi connectivity index (χ0) is 24.5. The monoisotopic (exact) mass is 478 g/mol. The lowest BCUT2D eigenvalue weighted by atomic mass is 10.1. The second-order valence-electron chi connectivity index (χ2n) is 10.3. The zero-order valence-corrected chi connectivity index (χ0v) is 21.6. The number of nitrogens with one attached hydrogen (secondary N) is 1. The molecule has 1 aliphatic rings. The quantitative estimate of drug-likeness (QED) is 0.552. The summed E-state index contributed by atoms with van der Waals surface area (Å²) in [6.07, 6.45) is 1.78. The van der Waals surface area contributed by atoms with Gasteiger partial charge in [-0.05, 0) is 28.8 Å². The minimum absolute atomic E-state index is 0.107. The highest BCUT2D eigenvalue weighted by molar-refractivity contribution is 6.99. The number of H-pyrrole nitrogens is 1. The number of ether oxygens (including phenoxy) is 1. The molecule has 3 atom stereocenters. The zero-order valence-electron chi connectivity index (χ0n) is 20.6. The fourth-order valence-electron chi connectivity index (χ4n) is 5.12. The number of benzene rings is 2. The molecular weight excluding hydrogens is 444 g/mol. The second-order valence-corrected chi connectivity index (χ2v) is 14.6. The Balaban J connectivity index is 1.65. The number of rotatable bonds is 6. The molecule has 7 heteroatoms. The van der Waals surface area contributed by atoms with Crippen LogP contribution < -0.4 is 21.6 Å². The summed E-state index contributed by atoms with van der Waals surface area (Å²) in [5.74, 6) is 0.107. The summed E-state index contributed by atoms with van der Waals surface area (Å²) in [4.78, 5) is 26.6. The molecule has 0 aliphatic carbocycles. The van der Waals surface area contributed by atoms with Crippen LogP contribution in [0.1, 0.15) is 45.9 Å². The molecule has 0 amide bonds. The van der Waals surface area contributed by atoms with Crippen LogP contribution in [0.5, 0.6) is 0 Å². The number of hydrogen-bond donors (Lipinski definition) is 1. The van der Waals surface area contributed by atoms with Crippen molar-refractivity contribution in [3.05, 3.63) is 93.3 Å². The number of aromatic amines is 1. The predicted octanol–water partition coefficient (Wildman–Crippen LogP) is 3.35. The molecule has 1 aromatic heterocycles. The summed E-state index contributed by atoms with van der Waals surface area (Å²) in [6.45, 7) is 11.0. The molecule has 0 radical (unpaired) electrons. The molecule has 0 saturated carbocycles. The van der Waals surface area contributed by atoms with Gasteiger partial charge < -0.3 is 9.16 Å². The molecule has 1 aliphatic heterocycles. The number of nitrogens with zero attached hydrogens (tertiary/aromatic N) is 1. The third-order valence-corrected chi connectivity index (χ3v) is 11.8. The predicted molar refractivity (Wildman–Crippen MR) is 137 cm³/mol. The molecule has 2 aromatic carbocycles. The van der Waals surface area contributed by atoms with Gasteiger partial charge >= 0.3 is 5.69 Å². The van der Waals surface area contributed by atoms with E-state index < -0.39 is 20.2 Å². The van der Waals surface area contributed by atoms with Crippen LogP contribution in [0.3, 0.4) is 0 Å². The first-order valence-corrected chi connectivity index (χ1v) is 13.8. The van der Waals surface area contributed by atoms with Crippen molar-refractivity contribution in [1.82, 2.24) is 9.55 Å². The van der Waals surface area contributed by atoms with Crippen molar-refractivity contribution in [1.29, 1.82) is 0 Å². The molecule has 0 unspecified atom stereocenters. The Kier molecular flexibility index (Phi) is 6.80. The highest BCUT2D eigenvalue weighted by Gasteiger charge is 2.51. The fraction of sp³-hybridized carbons (Fsp3) is 0.407. The fourth-order valence-corrected chi connectivity index (χ4v) is 9.71. The molecular formula is C27H34N2O4Si. The van der Waals surface area contributed by atoms with Crippen molar-refractivity contribution >= 4 is 18.7 Å². The lowest BCUT2D eigenvalue weighted by Crippen LogP contribution is -2.67. The summed E-state index contributed by atoms with van der Waals surface area (Å²) in [7, 11) is -2.66. The number of hydrogen-bond acceptors (Lipinski definition) is 4. The summed E-state index contributed by atoms with van der Waals surface area (Å²) in [5, 5.41) is 2.33. The van der Waals surface area contributed by atoms with Gasteiger partial charge in [0.05, 0.1) is 12.7 Å². The van der Waals surface area contributed by atoms with Crippen LogP contribution in [0.4, 0.5) is 0 Å². The van der Waals surface area contributed by atoms with E-state index in [0.29, 0.717) is 12.2 Å². The van der Waals surface area contributed by atoms with E-state index >= 15 is 0 Å². The van der Waals surface area contributed by atoms with E-state index in [1.165, 1.54) is 14.9 Å². The largest absolute Gasteiger partial charge is 0.405 e. The Bertz CT molecular complexity index is 1190. The first-order valence-electron chi connectivity index (χ1n) is 11.9. The van der Waals surface area contributed by atoms with Gasteiger partial charge in [0, 0.05) is 17.7 Å². The van der Waals surface area contributed by atoms with E-state index in [1.807, 2.05) is 12.1 Å². The Morgan fingerprint density at radius 1 is 1.03 bits per heavy atom. The van der Waals surface area contributed by atoms with Gasteiger partial charge in [0.25, 0.3) is 13.9 Å². The van der Waals surface area contributed by atoms with Gasteiger partial charge in [-0.2, -0.15) is 0 Å². The molecule has 180 valence electrons. The summed E-state index contributed by atoms with van der Waals surface area (Å²) < 4.78 is 14.9. The minimum atomic E-state index is -2.66. The maximum atomic E-state index is 12.5. The highest BCUT2D eigenvalue weighted by atomic mass is 28.4. The summed E-state index contributed by atoms with van der Waals surface area (Å²) >= 11 is 0. The van der Waals surface area contributed by atoms with E-state index in [2.05, 4.69) is 81.2 Å². The van der Waals surface area contributed by atoms with Crippen LogP contribution in [-0.2, 0) is 9.16 Å². The average Bonchev–Trinajstić information content (AvgIpc) is 3.17. The maximum Gasteiger partial charge on any atom is 0.330 e. The topological polar surface area (TPSA) is 73.3 Å². The maximum absolute atomic E-state index is 12.5. The van der Waals surface area contributed by atoms with Crippen molar-refractivity contribution in [3.8, 4) is 0 Å². The molecule has 0 bridgehead atoms. The van der Waals surface area contributed by atoms with Crippen molar-refractivity contribution in [2.24, 2.45) is 5.92 Å². The SMILES string of the molecule is Cc1cn([C@@H]2O[C@H](CO[Si](c3ccccc3)(c3ccccc3)C(C)(C)C)C[C@H]2C)c(=O)[nH]c1=O. The standard InChI is InChI=1S/C27H34N2O4Si/c1-19-16-21(33-25(19)29-17-20(2)24(30)28-26(29)31)18-32-34(27(3,4)5,22-12-8-6-9-13-22)23-14-10-7-11-15-23/h6-15,17,19,21,25H,16,18H2,1-5H3,(H,28,30,31)/t19-,21+,25-/m1/s1. The lowest BCUT2D eigenvalue weighted by molar-refractivity contribution is -0.0310. The molecule has 1 fully saturated rings. The first kappa shape index (κ1) is 24.4. The third kappa shape index (κ3) is 4.47. The van der Waals surface area contributed by atoms with Gasteiger partial charge in [-0.1, -0.05) is 88.4 Å². The second kappa shape index (κ2) is 9.48. The van der Waals surface area contributed by atoms with Gasteiger partial charge in [0.2, 0.25) is 0 Å². The number of aromatic nitrogens is 2. The first-order chi connectivity index (χ1) is 16.1. The summed E-state index contributed by atoms with van der Waals surface area (Å²) in [6, 6.07) is 21.1. The third-order valence-electron chi connectivity index (χ3n) is 6.78. The smallest absolute Gasteiger partial charge is 0.330 e. The van der Waals surface area contributed by atoms with Gasteiger partial charge in [-0.15, -0.1) is 0 Å². The Labute approximate surface area is 201 Å². The van der Waals surface area contributed by atoms with Gasteiger partial charge in [-0.25, -0.2) is 4.79 Å². The van der Waals surface area contributed by atoms with Crippen molar-refractivity contribution in [3.63, 3.8) is 0 Å². The normalized spacial score (nSPS) is 21.0. The lowest BCUT2D eigenvalue weighted by Gasteiger charge is -2.43. The van der Waals surface area contributed by atoms with E-state index in [0.717, 1.165) is 6.42 Å². The van der Waals surface area contributed by atoms with Crippen LogP contribution in [-0.4, -0.2) is 30.6 Å². The van der Waals surface area contributed by atoms with Crippen LogP contribution in [0.15, 0.2) is 76.4 Å². The Morgan fingerprint density at radius 2 is 1.59 bits per heavy atom. The van der Waals surface area contributed by atoms with E-state index in [4.69, 9.17) is 9.16 Å². The summed E-state index contributed by atoms with van der Waals surface area (Å²) in [5.41, 5.74) is -0.318. The van der Waals surface area contributed by atoms with Crippen molar-refractivity contribution in [2.75, 3.05) is 6.61 Å². The number of aryl methyl sites for hydroxylation is 1.